The van der Waals surface area contributed by atoms with E-state index >= 15 is 0 Å². The number of nitrogens with zero attached hydrogens (tertiary/aromatic N) is 5. The molecule has 9 nitrogen and oxygen atoms in total. The third-order valence-corrected chi connectivity index (χ3v) is 3.43. The number of carbonyl (C=O) groups is 2. The van der Waals surface area contributed by atoms with Gasteiger partial charge in [-0.25, -0.2) is 4.68 Å². The molecule has 0 radical (unpaired) electrons. The normalized spacial score (nSPS) is 13.7. The molecule has 110 valence electrons. The third kappa shape index (κ3) is 2.49. The monoisotopic (exact) mass is 289 g/mol. The van der Waals surface area contributed by atoms with Crippen LogP contribution in [0.25, 0.3) is 0 Å². The molecule has 21 heavy (non-hydrogen) atoms. The first kappa shape index (κ1) is 13.3. The Labute approximate surface area is 120 Å². The van der Waals surface area contributed by atoms with Crippen molar-refractivity contribution in [2.75, 3.05) is 0 Å². The molecule has 0 spiro atoms. The highest BCUT2D eigenvalue weighted by molar-refractivity contribution is 5.92. The number of hydrogen-bond acceptors (Lipinski definition) is 5. The summed E-state index contributed by atoms with van der Waals surface area (Å²) in [5.41, 5.74) is 2.73. The lowest BCUT2D eigenvalue weighted by molar-refractivity contribution is -0.122. The molecule has 0 aliphatic carbocycles. The summed E-state index contributed by atoms with van der Waals surface area (Å²) < 4.78 is 3.19. The smallest absolute Gasteiger partial charge is 0.272 e. The van der Waals surface area contributed by atoms with Crippen molar-refractivity contribution in [2.45, 2.75) is 26.6 Å². The topological polar surface area (TPSA) is 107 Å². The van der Waals surface area contributed by atoms with Crippen molar-refractivity contribution in [2.24, 2.45) is 7.05 Å². The maximum absolute atomic E-state index is 12.0. The molecule has 1 aliphatic rings. The van der Waals surface area contributed by atoms with Gasteiger partial charge in [0.15, 0.2) is 0 Å². The largest absolute Gasteiger partial charge is 0.349 e. The van der Waals surface area contributed by atoms with Crippen LogP contribution in [0.5, 0.6) is 0 Å². The van der Waals surface area contributed by atoms with Gasteiger partial charge in [-0.15, -0.1) is 5.10 Å². The summed E-state index contributed by atoms with van der Waals surface area (Å²) in [6.07, 6.45) is 0. The molecular weight excluding hydrogens is 274 g/mol. The van der Waals surface area contributed by atoms with Gasteiger partial charge in [-0.3, -0.25) is 14.3 Å². The van der Waals surface area contributed by atoms with Crippen LogP contribution in [-0.2, 0) is 31.5 Å². The van der Waals surface area contributed by atoms with E-state index in [0.29, 0.717) is 17.9 Å². The Balaban J connectivity index is 1.68. The van der Waals surface area contributed by atoms with Crippen molar-refractivity contribution in [1.82, 2.24) is 35.4 Å². The van der Waals surface area contributed by atoms with E-state index in [2.05, 4.69) is 26.0 Å². The van der Waals surface area contributed by atoms with Gasteiger partial charge < -0.3 is 10.6 Å². The van der Waals surface area contributed by atoms with Crippen LogP contribution in [0.3, 0.4) is 0 Å². The Morgan fingerprint density at radius 2 is 2.33 bits per heavy atom. The number of aryl methyl sites for hydroxylation is 2. The molecule has 0 saturated carbocycles. The van der Waals surface area contributed by atoms with Crippen molar-refractivity contribution in [1.29, 1.82) is 0 Å². The quantitative estimate of drug-likeness (QED) is 0.744. The Hall–Kier alpha value is -2.71. The fourth-order valence-corrected chi connectivity index (χ4v) is 2.13. The predicted octanol–water partition coefficient (Wildman–Crippen LogP) is -1.12. The molecule has 0 saturated heterocycles. The molecule has 3 heterocycles. The summed E-state index contributed by atoms with van der Waals surface area (Å²) in [6, 6.07) is 1.72. The molecule has 1 aliphatic heterocycles. The second-order valence-corrected chi connectivity index (χ2v) is 4.89. The van der Waals surface area contributed by atoms with Crippen LogP contribution >= 0.6 is 0 Å². The van der Waals surface area contributed by atoms with Crippen molar-refractivity contribution in [3.63, 3.8) is 0 Å². The maximum atomic E-state index is 12.0. The number of fused-ring (bicyclic) bond motifs is 1. The van der Waals surface area contributed by atoms with Gasteiger partial charge in [-0.05, 0) is 13.0 Å². The van der Waals surface area contributed by atoms with E-state index in [1.165, 1.54) is 0 Å². The highest BCUT2D eigenvalue weighted by atomic mass is 16.2. The standard InChI is InChI=1S/C12H15N7O2/c1-7-3-8(16-18(7)2)12(21)14-4-9-10-5-13-11(20)6-19(10)17-15-9/h3H,4-6H2,1-2H3,(H,13,20)(H,14,21). The summed E-state index contributed by atoms with van der Waals surface area (Å²) in [4.78, 5) is 23.3. The van der Waals surface area contributed by atoms with Gasteiger partial charge in [-0.2, -0.15) is 5.10 Å². The van der Waals surface area contributed by atoms with Crippen molar-refractivity contribution in [3.8, 4) is 0 Å². The zero-order valence-electron chi connectivity index (χ0n) is 11.8. The van der Waals surface area contributed by atoms with Gasteiger partial charge >= 0.3 is 0 Å². The average Bonchev–Trinajstić information content (AvgIpc) is 3.00. The second kappa shape index (κ2) is 5.00. The van der Waals surface area contributed by atoms with Crippen LogP contribution in [-0.4, -0.2) is 36.6 Å². The van der Waals surface area contributed by atoms with Crippen LogP contribution in [0.2, 0.25) is 0 Å². The van der Waals surface area contributed by atoms with E-state index in [1.807, 2.05) is 6.92 Å². The minimum absolute atomic E-state index is 0.0908. The minimum atomic E-state index is -0.264. The molecule has 0 aromatic carbocycles. The molecule has 0 atom stereocenters. The fourth-order valence-electron chi connectivity index (χ4n) is 2.13. The molecule has 9 heteroatoms. The van der Waals surface area contributed by atoms with E-state index in [1.54, 1.807) is 22.5 Å². The van der Waals surface area contributed by atoms with Crippen molar-refractivity contribution >= 4 is 11.8 Å². The number of hydrogen-bond donors (Lipinski definition) is 2. The number of aromatic nitrogens is 5. The molecule has 0 fully saturated rings. The summed E-state index contributed by atoms with van der Waals surface area (Å²) >= 11 is 0. The molecular formula is C12H15N7O2. The maximum Gasteiger partial charge on any atom is 0.272 e. The Kier molecular flexibility index (Phi) is 3.16. The Morgan fingerprint density at radius 1 is 1.52 bits per heavy atom. The first-order valence-electron chi connectivity index (χ1n) is 6.51. The van der Waals surface area contributed by atoms with E-state index in [0.717, 1.165) is 11.4 Å². The highest BCUT2D eigenvalue weighted by Crippen LogP contribution is 2.09. The van der Waals surface area contributed by atoms with Gasteiger partial charge in [0.2, 0.25) is 5.91 Å². The van der Waals surface area contributed by atoms with Crippen molar-refractivity contribution in [3.05, 3.63) is 28.8 Å². The third-order valence-electron chi connectivity index (χ3n) is 3.43. The Morgan fingerprint density at radius 3 is 3.05 bits per heavy atom. The van der Waals surface area contributed by atoms with Crippen LogP contribution in [0.1, 0.15) is 27.6 Å². The number of rotatable bonds is 3. The molecule has 0 unspecified atom stereocenters. The lowest BCUT2D eigenvalue weighted by Crippen LogP contribution is -2.35. The van der Waals surface area contributed by atoms with Crippen LogP contribution in [0.15, 0.2) is 6.07 Å². The van der Waals surface area contributed by atoms with Gasteiger partial charge in [0.1, 0.15) is 17.9 Å². The van der Waals surface area contributed by atoms with Crippen LogP contribution in [0, 0.1) is 6.92 Å². The number of amides is 2. The molecule has 2 aromatic heterocycles. The van der Waals surface area contributed by atoms with E-state index in [9.17, 15) is 9.59 Å². The van der Waals surface area contributed by atoms with Crippen LogP contribution in [0.4, 0.5) is 0 Å². The first-order valence-corrected chi connectivity index (χ1v) is 6.51. The lowest BCUT2D eigenvalue weighted by Gasteiger charge is -2.14. The second-order valence-electron chi connectivity index (χ2n) is 4.89. The van der Waals surface area contributed by atoms with Gasteiger partial charge in [0.05, 0.1) is 18.8 Å². The SMILES string of the molecule is Cc1cc(C(=O)NCc2nnn3c2CNC(=O)C3)nn1C. The van der Waals surface area contributed by atoms with E-state index < -0.39 is 0 Å². The fraction of sp³-hybridized carbons (Fsp3) is 0.417. The van der Waals surface area contributed by atoms with Crippen molar-refractivity contribution < 1.29 is 9.59 Å². The van der Waals surface area contributed by atoms with Gasteiger partial charge in [-0.1, -0.05) is 5.21 Å². The zero-order chi connectivity index (χ0) is 15.0. The first-order chi connectivity index (χ1) is 10.0. The zero-order valence-corrected chi connectivity index (χ0v) is 11.8. The summed E-state index contributed by atoms with van der Waals surface area (Å²) in [5.74, 6) is -0.354. The average molecular weight is 289 g/mol. The van der Waals surface area contributed by atoms with Gasteiger partial charge in [0, 0.05) is 12.7 Å². The summed E-state index contributed by atoms with van der Waals surface area (Å²) in [6.45, 7) is 2.66. The van der Waals surface area contributed by atoms with E-state index in [-0.39, 0.29) is 24.9 Å². The highest BCUT2D eigenvalue weighted by Gasteiger charge is 2.21. The van der Waals surface area contributed by atoms with Crippen LogP contribution < -0.4 is 10.6 Å². The molecule has 3 rings (SSSR count). The molecule has 2 amide bonds. The number of carbonyl (C=O) groups excluding carboxylic acids is 2. The minimum Gasteiger partial charge on any atom is -0.349 e. The molecule has 2 aromatic rings. The van der Waals surface area contributed by atoms with E-state index in [4.69, 9.17) is 0 Å². The summed E-state index contributed by atoms with van der Waals surface area (Å²) in [7, 11) is 1.78. The lowest BCUT2D eigenvalue weighted by atomic mass is 10.2. The number of nitrogens with one attached hydrogen (secondary N) is 2. The summed E-state index contributed by atoms with van der Waals surface area (Å²) in [5, 5.41) is 17.5. The molecule has 0 bridgehead atoms. The predicted molar refractivity (Wildman–Crippen MR) is 71.0 cm³/mol. The molecule has 2 N–H and O–H groups in total. The Bertz CT molecular complexity index is 696. The van der Waals surface area contributed by atoms with Gasteiger partial charge in [0.25, 0.3) is 5.91 Å².